The second kappa shape index (κ2) is 6.21. The Balaban J connectivity index is 2.18. The highest BCUT2D eigenvalue weighted by atomic mass is 19.4. The van der Waals surface area contributed by atoms with Crippen LogP contribution in [0.5, 0.6) is 0 Å². The van der Waals surface area contributed by atoms with Crippen LogP contribution in [-0.2, 0) is 6.18 Å². The maximum atomic E-state index is 12.5. The van der Waals surface area contributed by atoms with Gasteiger partial charge in [-0.25, -0.2) is 9.97 Å². The minimum Gasteiger partial charge on any atom is -0.368 e. The van der Waals surface area contributed by atoms with Crippen molar-refractivity contribution in [3.8, 4) is 0 Å². The third kappa shape index (κ3) is 4.34. The number of halogens is 3. The first-order valence-electron chi connectivity index (χ1n) is 6.80. The summed E-state index contributed by atoms with van der Waals surface area (Å²) < 4.78 is 37.6. The van der Waals surface area contributed by atoms with E-state index in [-0.39, 0.29) is 6.04 Å². The number of aromatic nitrogens is 2. The highest BCUT2D eigenvalue weighted by Crippen LogP contribution is 2.30. The molecule has 0 fully saturated rings. The van der Waals surface area contributed by atoms with E-state index < -0.39 is 11.7 Å². The molecule has 0 atom stereocenters. The molecule has 0 radical (unpaired) electrons. The molecule has 1 aromatic heterocycles. The van der Waals surface area contributed by atoms with Gasteiger partial charge in [0, 0.05) is 17.8 Å². The molecule has 0 saturated carbocycles. The monoisotopic (exact) mass is 310 g/mol. The average molecular weight is 310 g/mol. The molecule has 0 aliphatic heterocycles. The molecular formula is C15H17F3N4. The molecule has 2 rings (SSSR count). The Labute approximate surface area is 126 Å². The summed E-state index contributed by atoms with van der Waals surface area (Å²) in [5.41, 5.74) is -0.152. The smallest absolute Gasteiger partial charge is 0.368 e. The highest BCUT2D eigenvalue weighted by molar-refractivity contribution is 5.59. The van der Waals surface area contributed by atoms with Gasteiger partial charge in [-0.15, -0.1) is 0 Å². The summed E-state index contributed by atoms with van der Waals surface area (Å²) >= 11 is 0. The van der Waals surface area contributed by atoms with E-state index in [9.17, 15) is 13.2 Å². The third-order valence-corrected chi connectivity index (χ3v) is 2.76. The minimum absolute atomic E-state index is 0.216. The van der Waals surface area contributed by atoms with Gasteiger partial charge in [-0.05, 0) is 45.0 Å². The zero-order valence-corrected chi connectivity index (χ0v) is 12.5. The molecule has 0 aliphatic rings. The lowest BCUT2D eigenvalue weighted by Crippen LogP contribution is -2.12. The Morgan fingerprint density at radius 2 is 1.59 bits per heavy atom. The van der Waals surface area contributed by atoms with Crippen molar-refractivity contribution in [3.63, 3.8) is 0 Å². The zero-order valence-electron chi connectivity index (χ0n) is 12.5. The molecule has 4 nitrogen and oxygen atoms in total. The molecular weight excluding hydrogens is 293 g/mol. The van der Waals surface area contributed by atoms with Crippen LogP contribution in [0.3, 0.4) is 0 Å². The van der Waals surface area contributed by atoms with Crippen molar-refractivity contribution in [2.75, 3.05) is 10.6 Å². The standard InChI is InChI=1S/C15H17F3N4/c1-9(2)19-13-8-14(21-10(3)20-13)22-12-6-4-11(5-7-12)15(16,17)18/h4-9H,1-3H3,(H2,19,20,21,22). The van der Waals surface area contributed by atoms with E-state index in [1.54, 1.807) is 13.0 Å². The average Bonchev–Trinajstić information content (AvgIpc) is 2.36. The predicted octanol–water partition coefficient (Wildman–Crippen LogP) is 4.37. The van der Waals surface area contributed by atoms with E-state index in [1.807, 2.05) is 13.8 Å². The van der Waals surface area contributed by atoms with Gasteiger partial charge in [-0.1, -0.05) is 0 Å². The second-order valence-electron chi connectivity index (χ2n) is 5.18. The molecule has 0 bridgehead atoms. The number of benzene rings is 1. The summed E-state index contributed by atoms with van der Waals surface area (Å²) in [7, 11) is 0. The molecule has 1 heterocycles. The van der Waals surface area contributed by atoms with Gasteiger partial charge in [0.1, 0.15) is 17.5 Å². The van der Waals surface area contributed by atoms with Crippen molar-refractivity contribution in [2.24, 2.45) is 0 Å². The van der Waals surface area contributed by atoms with Crippen molar-refractivity contribution in [2.45, 2.75) is 33.0 Å². The maximum Gasteiger partial charge on any atom is 0.416 e. The van der Waals surface area contributed by atoms with Gasteiger partial charge in [0.15, 0.2) is 0 Å². The predicted molar refractivity (Wildman–Crippen MR) is 80.3 cm³/mol. The lowest BCUT2D eigenvalue weighted by molar-refractivity contribution is -0.137. The van der Waals surface area contributed by atoms with Gasteiger partial charge < -0.3 is 10.6 Å². The Morgan fingerprint density at radius 1 is 1.00 bits per heavy atom. The van der Waals surface area contributed by atoms with Crippen LogP contribution >= 0.6 is 0 Å². The Bertz CT molecular complexity index is 636. The number of nitrogens with one attached hydrogen (secondary N) is 2. The molecule has 1 aromatic carbocycles. The molecule has 0 aliphatic carbocycles. The van der Waals surface area contributed by atoms with E-state index in [1.165, 1.54) is 12.1 Å². The number of aryl methyl sites for hydroxylation is 1. The number of hydrogen-bond acceptors (Lipinski definition) is 4. The molecule has 0 saturated heterocycles. The topological polar surface area (TPSA) is 49.8 Å². The lowest BCUT2D eigenvalue weighted by Gasteiger charge is -2.12. The van der Waals surface area contributed by atoms with Crippen molar-refractivity contribution in [3.05, 3.63) is 41.7 Å². The quantitative estimate of drug-likeness (QED) is 0.880. The number of nitrogens with zero attached hydrogens (tertiary/aromatic N) is 2. The van der Waals surface area contributed by atoms with Gasteiger partial charge in [-0.2, -0.15) is 13.2 Å². The largest absolute Gasteiger partial charge is 0.416 e. The Hall–Kier alpha value is -2.31. The van der Waals surface area contributed by atoms with Crippen molar-refractivity contribution >= 4 is 17.3 Å². The summed E-state index contributed by atoms with van der Waals surface area (Å²) in [4.78, 5) is 8.47. The molecule has 0 amide bonds. The molecule has 22 heavy (non-hydrogen) atoms. The summed E-state index contributed by atoms with van der Waals surface area (Å²) in [6.45, 7) is 5.73. The zero-order chi connectivity index (χ0) is 16.3. The molecule has 2 aromatic rings. The van der Waals surface area contributed by atoms with Crippen molar-refractivity contribution in [1.29, 1.82) is 0 Å². The molecule has 2 N–H and O–H groups in total. The highest BCUT2D eigenvalue weighted by Gasteiger charge is 2.29. The van der Waals surface area contributed by atoms with E-state index in [0.29, 0.717) is 23.1 Å². The van der Waals surface area contributed by atoms with Crippen LogP contribution in [0.2, 0.25) is 0 Å². The SMILES string of the molecule is Cc1nc(Nc2ccc(C(F)(F)F)cc2)cc(NC(C)C)n1. The summed E-state index contributed by atoms with van der Waals surface area (Å²) in [5, 5.41) is 6.14. The van der Waals surface area contributed by atoms with Crippen LogP contribution in [0.1, 0.15) is 25.2 Å². The van der Waals surface area contributed by atoms with Crippen molar-refractivity contribution < 1.29 is 13.2 Å². The fourth-order valence-electron chi connectivity index (χ4n) is 1.89. The van der Waals surface area contributed by atoms with Gasteiger partial charge in [0.25, 0.3) is 0 Å². The Morgan fingerprint density at radius 3 is 2.14 bits per heavy atom. The van der Waals surface area contributed by atoms with Crippen LogP contribution < -0.4 is 10.6 Å². The van der Waals surface area contributed by atoms with Gasteiger partial charge in [-0.3, -0.25) is 0 Å². The minimum atomic E-state index is -4.33. The molecule has 7 heteroatoms. The normalized spacial score (nSPS) is 11.6. The summed E-state index contributed by atoms with van der Waals surface area (Å²) in [5.74, 6) is 1.76. The van der Waals surface area contributed by atoms with Crippen LogP contribution in [0, 0.1) is 6.92 Å². The maximum absolute atomic E-state index is 12.5. The van der Waals surface area contributed by atoms with Crippen LogP contribution in [0.4, 0.5) is 30.5 Å². The van der Waals surface area contributed by atoms with Crippen LogP contribution in [-0.4, -0.2) is 16.0 Å². The van der Waals surface area contributed by atoms with E-state index in [4.69, 9.17) is 0 Å². The van der Waals surface area contributed by atoms with Gasteiger partial charge in [0.05, 0.1) is 5.56 Å². The lowest BCUT2D eigenvalue weighted by atomic mass is 10.2. The fourth-order valence-corrected chi connectivity index (χ4v) is 1.89. The number of hydrogen-bond donors (Lipinski definition) is 2. The van der Waals surface area contributed by atoms with Crippen LogP contribution in [0.15, 0.2) is 30.3 Å². The van der Waals surface area contributed by atoms with E-state index >= 15 is 0 Å². The number of rotatable bonds is 4. The second-order valence-corrected chi connectivity index (χ2v) is 5.18. The van der Waals surface area contributed by atoms with Crippen LogP contribution in [0.25, 0.3) is 0 Å². The van der Waals surface area contributed by atoms with Crippen molar-refractivity contribution in [1.82, 2.24) is 9.97 Å². The van der Waals surface area contributed by atoms with Gasteiger partial charge in [0.2, 0.25) is 0 Å². The first-order chi connectivity index (χ1) is 10.2. The number of alkyl halides is 3. The molecule has 0 spiro atoms. The summed E-state index contributed by atoms with van der Waals surface area (Å²) in [6.07, 6.45) is -4.33. The third-order valence-electron chi connectivity index (χ3n) is 2.76. The molecule has 118 valence electrons. The first-order valence-corrected chi connectivity index (χ1v) is 6.80. The van der Waals surface area contributed by atoms with E-state index in [2.05, 4.69) is 20.6 Å². The van der Waals surface area contributed by atoms with Gasteiger partial charge >= 0.3 is 6.18 Å². The number of anilines is 3. The Kier molecular flexibility index (Phi) is 4.54. The molecule has 0 unspecified atom stereocenters. The van der Waals surface area contributed by atoms with E-state index in [0.717, 1.165) is 12.1 Å². The fraction of sp³-hybridized carbons (Fsp3) is 0.333. The first kappa shape index (κ1) is 16.1. The summed E-state index contributed by atoms with van der Waals surface area (Å²) in [6, 6.07) is 6.73.